The second kappa shape index (κ2) is 7.39. The van der Waals surface area contributed by atoms with Gasteiger partial charge in [-0.05, 0) is 36.4 Å². The highest BCUT2D eigenvalue weighted by Crippen LogP contribution is 2.30. The summed E-state index contributed by atoms with van der Waals surface area (Å²) < 4.78 is 39.3. The molecule has 0 saturated carbocycles. The summed E-state index contributed by atoms with van der Waals surface area (Å²) >= 11 is 3.31. The van der Waals surface area contributed by atoms with Gasteiger partial charge in [-0.25, -0.2) is 0 Å². The number of hydrogen-bond acceptors (Lipinski definition) is 4. The summed E-state index contributed by atoms with van der Waals surface area (Å²) in [4.78, 5) is 1.97. The number of likely N-dealkylation sites (N-methyl/N-ethyl adjacent to an activating group) is 1. The summed E-state index contributed by atoms with van der Waals surface area (Å²) in [7, 11) is 3.83. The van der Waals surface area contributed by atoms with Crippen molar-refractivity contribution in [1.82, 2.24) is 20.1 Å². The van der Waals surface area contributed by atoms with E-state index in [9.17, 15) is 13.2 Å². The van der Waals surface area contributed by atoms with Crippen LogP contribution in [0.1, 0.15) is 24.6 Å². The topological polar surface area (TPSA) is 59.1 Å². The van der Waals surface area contributed by atoms with Crippen LogP contribution in [0.25, 0.3) is 0 Å². The first-order chi connectivity index (χ1) is 9.24. The van der Waals surface area contributed by atoms with Crippen LogP contribution >= 0.6 is 15.9 Å². The smallest absolute Gasteiger partial charge is 0.308 e. The van der Waals surface area contributed by atoms with Crippen molar-refractivity contribution in [2.75, 3.05) is 20.6 Å². The standard InChI is InChI=1S/C11H19BrF3N5/c1-19(2)5-6-20-10(8(12)7-17-20)9(18-16)3-4-11(13,14)15/h7,9,18H,3-6,16H2,1-2H3. The number of halogens is 4. The number of hydrogen-bond donors (Lipinski definition) is 2. The zero-order chi connectivity index (χ0) is 15.3. The summed E-state index contributed by atoms with van der Waals surface area (Å²) in [6, 6.07) is -0.601. The third-order valence-corrected chi connectivity index (χ3v) is 3.45. The van der Waals surface area contributed by atoms with E-state index in [1.165, 1.54) is 0 Å². The minimum Gasteiger partial charge on any atom is -0.308 e. The molecular formula is C11H19BrF3N5. The molecule has 1 unspecified atom stereocenters. The molecule has 116 valence electrons. The molecule has 0 fully saturated rings. The van der Waals surface area contributed by atoms with E-state index < -0.39 is 18.6 Å². The number of nitrogens with one attached hydrogen (secondary N) is 1. The number of nitrogens with two attached hydrogens (primary N) is 1. The van der Waals surface area contributed by atoms with Crippen LogP contribution in [0.5, 0.6) is 0 Å². The molecule has 0 aliphatic carbocycles. The molecule has 5 nitrogen and oxygen atoms in total. The summed E-state index contributed by atoms with van der Waals surface area (Å²) in [6.07, 6.45) is -3.65. The first kappa shape index (κ1) is 17.4. The lowest BCUT2D eigenvalue weighted by molar-refractivity contribution is -0.136. The van der Waals surface area contributed by atoms with Crippen LogP contribution in [0, 0.1) is 0 Å². The highest BCUT2D eigenvalue weighted by Gasteiger charge is 2.30. The Bertz CT molecular complexity index is 419. The fourth-order valence-electron chi connectivity index (χ4n) is 1.80. The van der Waals surface area contributed by atoms with Gasteiger partial charge in [0, 0.05) is 13.0 Å². The zero-order valence-electron chi connectivity index (χ0n) is 11.4. The maximum Gasteiger partial charge on any atom is 0.389 e. The van der Waals surface area contributed by atoms with Crippen molar-refractivity contribution in [3.05, 3.63) is 16.4 Å². The van der Waals surface area contributed by atoms with Crippen LogP contribution in [-0.4, -0.2) is 41.5 Å². The second-order valence-corrected chi connectivity index (χ2v) is 5.63. The predicted molar refractivity (Wildman–Crippen MR) is 73.8 cm³/mol. The molecule has 9 heteroatoms. The van der Waals surface area contributed by atoms with Crippen molar-refractivity contribution in [3.63, 3.8) is 0 Å². The number of hydrazine groups is 1. The van der Waals surface area contributed by atoms with Crippen LogP contribution < -0.4 is 11.3 Å². The number of nitrogens with zero attached hydrogens (tertiary/aromatic N) is 3. The van der Waals surface area contributed by atoms with Crippen molar-refractivity contribution >= 4 is 15.9 Å². The number of alkyl halides is 3. The van der Waals surface area contributed by atoms with E-state index in [2.05, 4.69) is 26.5 Å². The first-order valence-electron chi connectivity index (χ1n) is 6.13. The molecule has 0 saturated heterocycles. The number of rotatable bonds is 7. The fraction of sp³-hybridized carbons (Fsp3) is 0.727. The average molecular weight is 358 g/mol. The van der Waals surface area contributed by atoms with Crippen LogP contribution in [0.2, 0.25) is 0 Å². The van der Waals surface area contributed by atoms with Gasteiger partial charge in [0.25, 0.3) is 0 Å². The van der Waals surface area contributed by atoms with Crippen molar-refractivity contribution in [1.29, 1.82) is 0 Å². The highest BCUT2D eigenvalue weighted by atomic mass is 79.9. The van der Waals surface area contributed by atoms with Crippen LogP contribution in [0.3, 0.4) is 0 Å². The zero-order valence-corrected chi connectivity index (χ0v) is 13.0. The van der Waals surface area contributed by atoms with E-state index in [-0.39, 0.29) is 6.42 Å². The highest BCUT2D eigenvalue weighted by molar-refractivity contribution is 9.10. The molecule has 0 bridgehead atoms. The van der Waals surface area contributed by atoms with E-state index >= 15 is 0 Å². The molecule has 1 aromatic heterocycles. The van der Waals surface area contributed by atoms with Crippen LogP contribution in [-0.2, 0) is 6.54 Å². The van der Waals surface area contributed by atoms with Gasteiger partial charge < -0.3 is 4.90 Å². The quantitative estimate of drug-likeness (QED) is 0.579. The average Bonchev–Trinajstić information content (AvgIpc) is 2.68. The maximum absolute atomic E-state index is 12.3. The molecule has 1 heterocycles. The Hall–Kier alpha value is -0.640. The molecule has 0 aliphatic heterocycles. The Morgan fingerprint density at radius 2 is 2.15 bits per heavy atom. The van der Waals surface area contributed by atoms with Crippen molar-refractivity contribution in [2.45, 2.75) is 31.6 Å². The minimum absolute atomic E-state index is 0.133. The normalized spacial score (nSPS) is 14.0. The SMILES string of the molecule is CN(C)CCn1ncc(Br)c1C(CCC(F)(F)F)NN. The third-order valence-electron chi connectivity index (χ3n) is 2.84. The molecule has 0 aromatic carbocycles. The van der Waals surface area contributed by atoms with E-state index in [1.807, 2.05) is 19.0 Å². The van der Waals surface area contributed by atoms with Crippen LogP contribution in [0.4, 0.5) is 13.2 Å². The largest absolute Gasteiger partial charge is 0.389 e. The molecular weight excluding hydrogens is 339 g/mol. The Balaban J connectivity index is 2.82. The van der Waals surface area contributed by atoms with Gasteiger partial charge in [-0.1, -0.05) is 0 Å². The van der Waals surface area contributed by atoms with E-state index in [1.54, 1.807) is 10.9 Å². The molecule has 0 aliphatic rings. The Labute approximate surface area is 124 Å². The fourth-order valence-corrected chi connectivity index (χ4v) is 2.37. The predicted octanol–water partition coefficient (Wildman–Crippen LogP) is 2.05. The molecule has 3 N–H and O–H groups in total. The summed E-state index contributed by atoms with van der Waals surface area (Å²) in [6.45, 7) is 1.32. The number of aromatic nitrogens is 2. The van der Waals surface area contributed by atoms with Crippen molar-refractivity contribution in [2.24, 2.45) is 5.84 Å². The van der Waals surface area contributed by atoms with Gasteiger partial charge in [0.05, 0.1) is 29.0 Å². The first-order valence-corrected chi connectivity index (χ1v) is 6.92. The van der Waals surface area contributed by atoms with Crippen molar-refractivity contribution < 1.29 is 13.2 Å². The van der Waals surface area contributed by atoms with E-state index in [0.717, 1.165) is 6.54 Å². The Morgan fingerprint density at radius 1 is 1.50 bits per heavy atom. The Morgan fingerprint density at radius 3 is 2.65 bits per heavy atom. The van der Waals surface area contributed by atoms with Crippen molar-refractivity contribution in [3.8, 4) is 0 Å². The lowest BCUT2D eigenvalue weighted by atomic mass is 10.1. The van der Waals surface area contributed by atoms with Gasteiger partial charge in [0.2, 0.25) is 0 Å². The molecule has 0 spiro atoms. The molecule has 1 atom stereocenters. The minimum atomic E-state index is -4.20. The van der Waals surface area contributed by atoms with Gasteiger partial charge in [0.1, 0.15) is 0 Å². The molecule has 0 radical (unpaired) electrons. The summed E-state index contributed by atoms with van der Waals surface area (Å²) in [5.74, 6) is 5.40. The van der Waals surface area contributed by atoms with Gasteiger partial charge in [0.15, 0.2) is 0 Å². The van der Waals surface area contributed by atoms with E-state index in [4.69, 9.17) is 5.84 Å². The molecule has 1 rings (SSSR count). The Kier molecular flexibility index (Phi) is 6.44. The summed E-state index contributed by atoms with van der Waals surface area (Å²) in [5.41, 5.74) is 3.08. The summed E-state index contributed by atoms with van der Waals surface area (Å²) in [5, 5.41) is 4.17. The van der Waals surface area contributed by atoms with Gasteiger partial charge >= 0.3 is 6.18 Å². The van der Waals surface area contributed by atoms with Gasteiger partial charge in [-0.3, -0.25) is 16.0 Å². The molecule has 1 aromatic rings. The van der Waals surface area contributed by atoms with Gasteiger partial charge in [-0.2, -0.15) is 18.3 Å². The van der Waals surface area contributed by atoms with Crippen LogP contribution in [0.15, 0.2) is 10.7 Å². The lowest BCUT2D eigenvalue weighted by Crippen LogP contribution is -2.32. The maximum atomic E-state index is 12.3. The van der Waals surface area contributed by atoms with E-state index in [0.29, 0.717) is 16.7 Å². The molecule has 20 heavy (non-hydrogen) atoms. The lowest BCUT2D eigenvalue weighted by Gasteiger charge is -2.20. The monoisotopic (exact) mass is 357 g/mol. The third kappa shape index (κ3) is 5.39. The molecule has 0 amide bonds. The van der Waals surface area contributed by atoms with Gasteiger partial charge in [-0.15, -0.1) is 0 Å². The second-order valence-electron chi connectivity index (χ2n) is 4.78.